The normalized spacial score (nSPS) is 20.0. The first-order valence-electron chi connectivity index (χ1n) is 7.87. The summed E-state index contributed by atoms with van der Waals surface area (Å²) in [6.45, 7) is 0.226. The molecule has 2 aromatic rings. The molecule has 1 N–H and O–H groups in total. The van der Waals surface area contributed by atoms with Gasteiger partial charge in [-0.25, -0.2) is 9.97 Å². The van der Waals surface area contributed by atoms with Gasteiger partial charge in [-0.1, -0.05) is 12.1 Å². The van der Waals surface area contributed by atoms with Gasteiger partial charge in [0.1, 0.15) is 5.92 Å². The number of hydrogen-bond acceptors (Lipinski definition) is 4. The molecular weight excluding hydrogens is 429 g/mol. The highest BCUT2D eigenvalue weighted by Gasteiger charge is 2.44. The molecule has 0 spiro atoms. The van der Waals surface area contributed by atoms with Gasteiger partial charge in [-0.3, -0.25) is 14.9 Å². The SMILES string of the molecule is CN1C[C@@H](c2ccc(C(F)(F)F)cc2)[C@H](C(=O)Nc2ncc(Br)cn2)C1=O. The van der Waals surface area contributed by atoms with Crippen LogP contribution >= 0.6 is 15.9 Å². The molecule has 0 aliphatic carbocycles. The van der Waals surface area contributed by atoms with Gasteiger partial charge in [-0.15, -0.1) is 0 Å². The van der Waals surface area contributed by atoms with E-state index in [9.17, 15) is 22.8 Å². The highest BCUT2D eigenvalue weighted by atomic mass is 79.9. The Balaban J connectivity index is 1.84. The fourth-order valence-corrected chi connectivity index (χ4v) is 3.18. The van der Waals surface area contributed by atoms with Crippen molar-refractivity contribution in [1.82, 2.24) is 14.9 Å². The predicted molar refractivity (Wildman–Crippen MR) is 93.7 cm³/mol. The first-order valence-corrected chi connectivity index (χ1v) is 8.66. The fraction of sp³-hybridized carbons (Fsp3) is 0.294. The first kappa shape index (κ1) is 19.3. The number of nitrogens with zero attached hydrogens (tertiary/aromatic N) is 3. The van der Waals surface area contributed by atoms with E-state index in [1.54, 1.807) is 7.05 Å². The van der Waals surface area contributed by atoms with Crippen LogP contribution < -0.4 is 5.32 Å². The van der Waals surface area contributed by atoms with Crippen molar-refractivity contribution < 1.29 is 22.8 Å². The molecular formula is C17H14BrF3N4O2. The molecule has 0 unspecified atom stereocenters. The zero-order chi connectivity index (χ0) is 19.8. The molecule has 2 heterocycles. The van der Waals surface area contributed by atoms with E-state index in [-0.39, 0.29) is 12.5 Å². The van der Waals surface area contributed by atoms with Crippen molar-refractivity contribution in [3.63, 3.8) is 0 Å². The van der Waals surface area contributed by atoms with Gasteiger partial charge in [0.25, 0.3) is 0 Å². The molecule has 6 nitrogen and oxygen atoms in total. The third-order valence-corrected chi connectivity index (χ3v) is 4.73. The number of likely N-dealkylation sites (N-methyl/N-ethyl adjacent to an activating group) is 1. The first-order chi connectivity index (χ1) is 12.7. The van der Waals surface area contributed by atoms with Gasteiger partial charge in [0.05, 0.1) is 10.0 Å². The Morgan fingerprint density at radius 2 is 1.81 bits per heavy atom. The number of rotatable bonds is 3. The molecule has 2 amide bonds. The molecule has 3 rings (SSSR count). The number of amides is 2. The summed E-state index contributed by atoms with van der Waals surface area (Å²) in [5.41, 5.74) is -0.300. The topological polar surface area (TPSA) is 75.2 Å². The molecule has 1 aliphatic heterocycles. The van der Waals surface area contributed by atoms with Crippen molar-refractivity contribution in [1.29, 1.82) is 0 Å². The molecule has 1 fully saturated rings. The minimum atomic E-state index is -4.45. The van der Waals surface area contributed by atoms with Crippen LogP contribution in [0, 0.1) is 5.92 Å². The molecule has 1 saturated heterocycles. The van der Waals surface area contributed by atoms with E-state index in [0.29, 0.717) is 10.0 Å². The van der Waals surface area contributed by atoms with Crippen molar-refractivity contribution in [3.05, 3.63) is 52.3 Å². The summed E-state index contributed by atoms with van der Waals surface area (Å²) in [5, 5.41) is 2.49. The van der Waals surface area contributed by atoms with Gasteiger partial charge in [0.2, 0.25) is 17.8 Å². The lowest BCUT2D eigenvalue weighted by Gasteiger charge is -2.17. The number of nitrogens with one attached hydrogen (secondary N) is 1. The maximum atomic E-state index is 12.8. The number of carbonyl (C=O) groups excluding carboxylic acids is 2. The minimum absolute atomic E-state index is 0.0386. The summed E-state index contributed by atoms with van der Waals surface area (Å²) in [6.07, 6.45) is -1.56. The third kappa shape index (κ3) is 4.10. The highest BCUT2D eigenvalue weighted by Crippen LogP contribution is 2.36. The standard InChI is InChI=1S/C17H14BrF3N4O2/c1-25-8-12(9-2-4-10(5-3-9)17(19,20)21)13(15(25)27)14(26)24-16-22-6-11(18)7-23-16/h2-7,12-13H,8H2,1H3,(H,22,23,24,26)/t12-,13+/m0/s1. The molecule has 0 saturated carbocycles. The number of anilines is 1. The van der Waals surface area contributed by atoms with Crippen molar-refractivity contribution in [2.45, 2.75) is 12.1 Å². The van der Waals surface area contributed by atoms with E-state index in [2.05, 4.69) is 31.2 Å². The van der Waals surface area contributed by atoms with Crippen LogP contribution in [0.15, 0.2) is 41.1 Å². The van der Waals surface area contributed by atoms with Crippen LogP contribution in [-0.4, -0.2) is 40.3 Å². The number of carbonyl (C=O) groups is 2. The van der Waals surface area contributed by atoms with Gasteiger partial charge in [-0.05, 0) is 33.6 Å². The number of aromatic nitrogens is 2. The lowest BCUT2D eigenvalue weighted by molar-refractivity contribution is -0.138. The summed E-state index contributed by atoms with van der Waals surface area (Å²) in [6, 6.07) is 4.50. The van der Waals surface area contributed by atoms with Crippen molar-refractivity contribution >= 4 is 33.7 Å². The van der Waals surface area contributed by atoms with Gasteiger partial charge < -0.3 is 4.90 Å². The van der Waals surface area contributed by atoms with E-state index in [1.165, 1.54) is 29.4 Å². The Hall–Kier alpha value is -2.49. The molecule has 1 aliphatic rings. The minimum Gasteiger partial charge on any atom is -0.344 e. The number of alkyl halides is 3. The number of benzene rings is 1. The molecule has 1 aromatic heterocycles. The lowest BCUT2D eigenvalue weighted by atomic mass is 9.87. The Labute approximate surface area is 160 Å². The smallest absolute Gasteiger partial charge is 0.344 e. The van der Waals surface area contributed by atoms with E-state index < -0.39 is 35.4 Å². The number of likely N-dealkylation sites (tertiary alicyclic amines) is 1. The second-order valence-corrected chi connectivity index (χ2v) is 7.05. The van der Waals surface area contributed by atoms with Crippen LogP contribution in [0.25, 0.3) is 0 Å². The number of hydrogen-bond donors (Lipinski definition) is 1. The summed E-state index contributed by atoms with van der Waals surface area (Å²) >= 11 is 3.18. The van der Waals surface area contributed by atoms with Gasteiger partial charge in [-0.2, -0.15) is 13.2 Å². The Kier molecular flexibility index (Phi) is 5.18. The highest BCUT2D eigenvalue weighted by molar-refractivity contribution is 9.10. The molecule has 10 heteroatoms. The lowest BCUT2D eigenvalue weighted by Crippen LogP contribution is -2.33. The second kappa shape index (κ2) is 7.26. The van der Waals surface area contributed by atoms with Crippen LogP contribution in [0.3, 0.4) is 0 Å². The Bertz CT molecular complexity index is 856. The molecule has 2 atom stereocenters. The Morgan fingerprint density at radius 1 is 1.22 bits per heavy atom. The van der Waals surface area contributed by atoms with Gasteiger partial charge in [0.15, 0.2) is 0 Å². The van der Waals surface area contributed by atoms with Crippen LogP contribution in [-0.2, 0) is 15.8 Å². The zero-order valence-corrected chi connectivity index (χ0v) is 15.6. The van der Waals surface area contributed by atoms with E-state index in [4.69, 9.17) is 0 Å². The maximum Gasteiger partial charge on any atom is 0.416 e. The van der Waals surface area contributed by atoms with Crippen LogP contribution in [0.4, 0.5) is 19.1 Å². The maximum absolute atomic E-state index is 12.8. The number of halogens is 4. The van der Waals surface area contributed by atoms with Crippen molar-refractivity contribution in [2.24, 2.45) is 5.92 Å². The monoisotopic (exact) mass is 442 g/mol. The summed E-state index contributed by atoms with van der Waals surface area (Å²) < 4.78 is 38.9. The van der Waals surface area contributed by atoms with Crippen LogP contribution in [0.2, 0.25) is 0 Å². The molecule has 1 aromatic carbocycles. The average molecular weight is 443 g/mol. The largest absolute Gasteiger partial charge is 0.416 e. The zero-order valence-electron chi connectivity index (χ0n) is 14.0. The molecule has 0 radical (unpaired) electrons. The molecule has 0 bridgehead atoms. The van der Waals surface area contributed by atoms with Crippen molar-refractivity contribution in [3.8, 4) is 0 Å². The Morgan fingerprint density at radius 3 is 2.37 bits per heavy atom. The van der Waals surface area contributed by atoms with E-state index >= 15 is 0 Å². The summed E-state index contributed by atoms with van der Waals surface area (Å²) in [4.78, 5) is 34.3. The quantitative estimate of drug-likeness (QED) is 0.741. The second-order valence-electron chi connectivity index (χ2n) is 6.14. The van der Waals surface area contributed by atoms with Crippen LogP contribution in [0.1, 0.15) is 17.0 Å². The summed E-state index contributed by atoms with van der Waals surface area (Å²) in [5.74, 6) is -2.61. The average Bonchev–Trinajstić information content (AvgIpc) is 2.91. The third-order valence-electron chi connectivity index (χ3n) is 4.32. The van der Waals surface area contributed by atoms with Crippen molar-refractivity contribution in [2.75, 3.05) is 18.9 Å². The van der Waals surface area contributed by atoms with Gasteiger partial charge in [0, 0.05) is 31.9 Å². The molecule has 27 heavy (non-hydrogen) atoms. The predicted octanol–water partition coefficient (Wildman–Crippen LogP) is 3.07. The van der Waals surface area contributed by atoms with E-state index in [0.717, 1.165) is 12.1 Å². The fourth-order valence-electron chi connectivity index (χ4n) is 2.98. The van der Waals surface area contributed by atoms with E-state index in [1.807, 2.05) is 0 Å². The van der Waals surface area contributed by atoms with Gasteiger partial charge >= 0.3 is 6.18 Å². The molecule has 142 valence electrons. The van der Waals surface area contributed by atoms with Crippen LogP contribution in [0.5, 0.6) is 0 Å². The summed E-state index contributed by atoms with van der Waals surface area (Å²) in [7, 11) is 1.54.